The molecular formula is C20H21F3N2O3. The molecule has 150 valence electrons. The van der Waals surface area contributed by atoms with Crippen LogP contribution < -0.4 is 0 Å². The SMILES string of the molecule is CC(C)Cn1c2cc(C(F)(F)F)ccc2c2oc(C(=O)N3CCOCC3)cc21. The van der Waals surface area contributed by atoms with E-state index in [4.69, 9.17) is 9.15 Å². The molecule has 3 heterocycles. The van der Waals surface area contributed by atoms with Crippen LogP contribution in [0, 0.1) is 5.92 Å². The van der Waals surface area contributed by atoms with Crippen molar-refractivity contribution in [1.82, 2.24) is 9.47 Å². The van der Waals surface area contributed by atoms with Crippen LogP contribution in [-0.4, -0.2) is 41.7 Å². The lowest BCUT2D eigenvalue weighted by Gasteiger charge is -2.25. The lowest BCUT2D eigenvalue weighted by Crippen LogP contribution is -2.40. The minimum absolute atomic E-state index is 0.200. The highest BCUT2D eigenvalue weighted by atomic mass is 19.4. The van der Waals surface area contributed by atoms with Gasteiger partial charge in [0.25, 0.3) is 5.91 Å². The second-order valence-corrected chi connectivity index (χ2v) is 7.46. The van der Waals surface area contributed by atoms with Gasteiger partial charge in [0, 0.05) is 31.1 Å². The van der Waals surface area contributed by atoms with E-state index in [-0.39, 0.29) is 17.6 Å². The Morgan fingerprint density at radius 2 is 1.86 bits per heavy atom. The zero-order valence-corrected chi connectivity index (χ0v) is 15.7. The number of alkyl halides is 3. The molecule has 0 aliphatic carbocycles. The van der Waals surface area contributed by atoms with E-state index in [1.165, 1.54) is 6.07 Å². The van der Waals surface area contributed by atoms with E-state index >= 15 is 0 Å². The van der Waals surface area contributed by atoms with Gasteiger partial charge in [-0.1, -0.05) is 13.8 Å². The van der Waals surface area contributed by atoms with Crippen molar-refractivity contribution in [2.45, 2.75) is 26.6 Å². The summed E-state index contributed by atoms with van der Waals surface area (Å²) in [5.41, 5.74) is 0.845. The number of fused-ring (bicyclic) bond motifs is 3. The lowest BCUT2D eigenvalue weighted by molar-refractivity contribution is -0.137. The molecule has 1 amide bonds. The van der Waals surface area contributed by atoms with Gasteiger partial charge < -0.3 is 18.6 Å². The molecule has 28 heavy (non-hydrogen) atoms. The summed E-state index contributed by atoms with van der Waals surface area (Å²) in [4.78, 5) is 14.4. The molecule has 1 aromatic carbocycles. The Balaban J connectivity index is 1.84. The number of morpholine rings is 1. The van der Waals surface area contributed by atoms with Crippen molar-refractivity contribution in [2.75, 3.05) is 26.3 Å². The van der Waals surface area contributed by atoms with Gasteiger partial charge in [0.1, 0.15) is 0 Å². The third kappa shape index (κ3) is 3.26. The van der Waals surface area contributed by atoms with Crippen LogP contribution in [0.3, 0.4) is 0 Å². The first kappa shape index (κ1) is 18.9. The van der Waals surface area contributed by atoms with Crippen LogP contribution in [0.15, 0.2) is 28.7 Å². The number of amides is 1. The van der Waals surface area contributed by atoms with Gasteiger partial charge in [0.05, 0.1) is 29.8 Å². The van der Waals surface area contributed by atoms with Gasteiger partial charge >= 0.3 is 6.18 Å². The van der Waals surface area contributed by atoms with Crippen LogP contribution >= 0.6 is 0 Å². The highest BCUT2D eigenvalue weighted by molar-refractivity contribution is 6.07. The Bertz CT molecular complexity index is 1030. The van der Waals surface area contributed by atoms with Crippen LogP contribution in [0.2, 0.25) is 0 Å². The van der Waals surface area contributed by atoms with Crippen LogP contribution in [-0.2, 0) is 17.5 Å². The molecule has 0 radical (unpaired) electrons. The summed E-state index contributed by atoms with van der Waals surface area (Å²) in [7, 11) is 0. The fourth-order valence-corrected chi connectivity index (χ4v) is 3.62. The van der Waals surface area contributed by atoms with E-state index in [1.54, 1.807) is 11.0 Å². The maximum absolute atomic E-state index is 13.2. The molecule has 0 unspecified atom stereocenters. The standard InChI is InChI=1S/C20H21F3N2O3/c1-12(2)11-25-15-9-13(20(21,22)23)3-4-14(15)18-16(25)10-17(28-18)19(26)24-5-7-27-8-6-24/h3-4,9-10,12H,5-8,11H2,1-2H3. The lowest BCUT2D eigenvalue weighted by atomic mass is 10.1. The fraction of sp³-hybridized carbons (Fsp3) is 0.450. The van der Waals surface area contributed by atoms with Crippen LogP contribution in [0.5, 0.6) is 0 Å². The van der Waals surface area contributed by atoms with E-state index < -0.39 is 11.7 Å². The number of rotatable bonds is 3. The molecule has 8 heteroatoms. The average Bonchev–Trinajstić information content (AvgIpc) is 3.20. The Hall–Kier alpha value is -2.48. The number of hydrogen-bond donors (Lipinski definition) is 0. The predicted molar refractivity (Wildman–Crippen MR) is 98.3 cm³/mol. The summed E-state index contributed by atoms with van der Waals surface area (Å²) >= 11 is 0. The minimum Gasteiger partial charge on any atom is -0.449 e. The van der Waals surface area contributed by atoms with Gasteiger partial charge in [-0.2, -0.15) is 13.2 Å². The molecular weight excluding hydrogens is 373 g/mol. The maximum Gasteiger partial charge on any atom is 0.416 e. The van der Waals surface area contributed by atoms with Crippen LogP contribution in [0.25, 0.3) is 22.0 Å². The Labute approximate surface area is 159 Å². The number of benzene rings is 1. The van der Waals surface area contributed by atoms with Gasteiger partial charge in [0.2, 0.25) is 0 Å². The average molecular weight is 394 g/mol. The minimum atomic E-state index is -4.42. The fourth-order valence-electron chi connectivity index (χ4n) is 3.62. The van der Waals surface area contributed by atoms with Gasteiger partial charge in [0.15, 0.2) is 11.3 Å². The maximum atomic E-state index is 13.2. The summed E-state index contributed by atoms with van der Waals surface area (Å²) < 4.78 is 52.5. The van der Waals surface area contributed by atoms with E-state index in [2.05, 4.69) is 0 Å². The molecule has 1 aliphatic rings. The van der Waals surface area contributed by atoms with E-state index in [0.29, 0.717) is 54.9 Å². The van der Waals surface area contributed by atoms with Crippen LogP contribution in [0.1, 0.15) is 30.0 Å². The molecule has 4 rings (SSSR count). The van der Waals surface area contributed by atoms with Gasteiger partial charge in [-0.15, -0.1) is 0 Å². The summed E-state index contributed by atoms with van der Waals surface area (Å²) in [5.74, 6) is 0.184. The first-order valence-corrected chi connectivity index (χ1v) is 9.25. The summed E-state index contributed by atoms with van der Waals surface area (Å²) in [6.07, 6.45) is -4.42. The molecule has 0 spiro atoms. The number of hydrogen-bond acceptors (Lipinski definition) is 3. The largest absolute Gasteiger partial charge is 0.449 e. The number of carbonyl (C=O) groups is 1. The van der Waals surface area contributed by atoms with Crippen molar-refractivity contribution < 1.29 is 27.1 Å². The second-order valence-electron chi connectivity index (χ2n) is 7.46. The topological polar surface area (TPSA) is 47.6 Å². The van der Waals surface area contributed by atoms with Crippen molar-refractivity contribution in [3.63, 3.8) is 0 Å². The zero-order chi connectivity index (χ0) is 20.1. The monoisotopic (exact) mass is 394 g/mol. The van der Waals surface area contributed by atoms with E-state index in [1.807, 2.05) is 18.4 Å². The Kier molecular flexibility index (Phi) is 4.61. The third-order valence-electron chi connectivity index (χ3n) is 4.92. The molecule has 1 aliphatic heterocycles. The highest BCUT2D eigenvalue weighted by Gasteiger charge is 2.32. The van der Waals surface area contributed by atoms with Gasteiger partial charge in [-0.05, 0) is 24.1 Å². The molecule has 1 saturated heterocycles. The van der Waals surface area contributed by atoms with Gasteiger partial charge in [-0.3, -0.25) is 4.79 Å². The van der Waals surface area contributed by atoms with E-state index in [0.717, 1.165) is 12.1 Å². The number of ether oxygens (including phenoxy) is 1. The van der Waals surface area contributed by atoms with Crippen molar-refractivity contribution in [1.29, 1.82) is 0 Å². The first-order valence-electron chi connectivity index (χ1n) is 9.25. The molecule has 5 nitrogen and oxygen atoms in total. The summed E-state index contributed by atoms with van der Waals surface area (Å²) in [5, 5.41) is 0.574. The predicted octanol–water partition coefficient (Wildman–Crippen LogP) is 4.53. The number of carbonyl (C=O) groups excluding carboxylic acids is 1. The Morgan fingerprint density at radius 3 is 2.50 bits per heavy atom. The number of furan rings is 1. The molecule has 1 fully saturated rings. The number of nitrogens with zero attached hydrogens (tertiary/aromatic N) is 2. The molecule has 2 aromatic heterocycles. The van der Waals surface area contributed by atoms with E-state index in [9.17, 15) is 18.0 Å². The molecule has 0 N–H and O–H groups in total. The molecule has 3 aromatic rings. The summed E-state index contributed by atoms with van der Waals surface area (Å²) in [6, 6.07) is 5.26. The number of halogens is 3. The normalized spacial score (nSPS) is 15.9. The van der Waals surface area contributed by atoms with Crippen molar-refractivity contribution in [3.8, 4) is 0 Å². The Morgan fingerprint density at radius 1 is 1.14 bits per heavy atom. The van der Waals surface area contributed by atoms with Gasteiger partial charge in [-0.25, -0.2) is 0 Å². The summed E-state index contributed by atoms with van der Waals surface area (Å²) in [6.45, 7) is 6.45. The highest BCUT2D eigenvalue weighted by Crippen LogP contribution is 2.37. The van der Waals surface area contributed by atoms with Crippen molar-refractivity contribution in [3.05, 3.63) is 35.6 Å². The number of aromatic nitrogens is 1. The first-order chi connectivity index (χ1) is 13.3. The smallest absolute Gasteiger partial charge is 0.416 e. The van der Waals surface area contributed by atoms with Crippen LogP contribution in [0.4, 0.5) is 13.2 Å². The zero-order valence-electron chi connectivity index (χ0n) is 15.7. The quantitative estimate of drug-likeness (QED) is 0.656. The third-order valence-corrected chi connectivity index (χ3v) is 4.92. The van der Waals surface area contributed by atoms with Crippen molar-refractivity contribution >= 4 is 27.9 Å². The second kappa shape index (κ2) is 6.84. The molecule has 0 bridgehead atoms. The molecule has 0 atom stereocenters. The molecule has 0 saturated carbocycles. The van der Waals surface area contributed by atoms with Crippen molar-refractivity contribution in [2.24, 2.45) is 5.92 Å².